The Hall–Kier alpha value is -3.22. The lowest BCUT2D eigenvalue weighted by Crippen LogP contribution is -2.38. The van der Waals surface area contributed by atoms with E-state index in [1.165, 1.54) is 6.07 Å². The van der Waals surface area contributed by atoms with Gasteiger partial charge in [0, 0.05) is 17.0 Å². The number of fused-ring (bicyclic) bond motifs is 6. The maximum absolute atomic E-state index is 12.8. The molecule has 2 aromatic rings. The summed E-state index contributed by atoms with van der Waals surface area (Å²) in [5.74, 6) is -1.46. The van der Waals surface area contributed by atoms with Gasteiger partial charge in [-0.3, -0.25) is 19.3 Å². The summed E-state index contributed by atoms with van der Waals surface area (Å²) >= 11 is 0. The highest BCUT2D eigenvalue weighted by molar-refractivity contribution is 6.08. The Morgan fingerprint density at radius 3 is 2.38 bits per heavy atom. The second-order valence-electron chi connectivity index (χ2n) is 9.37. The third kappa shape index (κ3) is 3.18. The molecule has 2 fully saturated rings. The van der Waals surface area contributed by atoms with Crippen LogP contribution >= 0.6 is 0 Å². The van der Waals surface area contributed by atoms with Gasteiger partial charge in [-0.25, -0.2) is 4.79 Å². The first kappa shape index (κ1) is 20.7. The van der Waals surface area contributed by atoms with Crippen LogP contribution in [0.25, 0.3) is 11.0 Å². The highest BCUT2D eigenvalue weighted by Crippen LogP contribution is 2.52. The van der Waals surface area contributed by atoms with Gasteiger partial charge in [0.2, 0.25) is 11.8 Å². The summed E-state index contributed by atoms with van der Waals surface area (Å²) in [5.41, 5.74) is 2.57. The highest BCUT2D eigenvalue weighted by atomic mass is 16.5. The lowest BCUT2D eigenvalue weighted by Gasteiger charge is -2.17. The summed E-state index contributed by atoms with van der Waals surface area (Å²) in [6, 6.07) is 5.09. The predicted octanol–water partition coefficient (Wildman–Crippen LogP) is 3.08. The minimum atomic E-state index is -0.676. The Balaban J connectivity index is 1.32. The Morgan fingerprint density at radius 1 is 1.09 bits per heavy atom. The van der Waals surface area contributed by atoms with Gasteiger partial charge < -0.3 is 9.15 Å². The van der Waals surface area contributed by atoms with Crippen LogP contribution in [0.2, 0.25) is 0 Å². The highest BCUT2D eigenvalue weighted by Gasteiger charge is 2.59. The smallest absolute Gasteiger partial charge is 0.336 e. The molecular weight excluding hydrogens is 410 g/mol. The SMILES string of the molecule is Cc1cc2oc(=O)cc(COC(=O)CN3C(=O)C4C5C=CC(C5)C4C3=O)c2cc1C(C)C. The Bertz CT molecular complexity index is 1210. The zero-order valence-electron chi connectivity index (χ0n) is 18.3. The molecule has 2 amide bonds. The van der Waals surface area contributed by atoms with Gasteiger partial charge in [0.15, 0.2) is 0 Å². The molecule has 1 aromatic carbocycles. The van der Waals surface area contributed by atoms with Crippen LogP contribution in [0.1, 0.15) is 42.9 Å². The minimum Gasteiger partial charge on any atom is -0.459 e. The molecule has 0 radical (unpaired) electrons. The van der Waals surface area contributed by atoms with Crippen molar-refractivity contribution in [3.8, 4) is 0 Å². The number of nitrogens with zero attached hydrogens (tertiary/aromatic N) is 1. The van der Waals surface area contributed by atoms with Crippen LogP contribution in [0.4, 0.5) is 0 Å². The number of imide groups is 1. The van der Waals surface area contributed by atoms with Gasteiger partial charge in [0.05, 0.1) is 11.8 Å². The molecule has 166 valence electrons. The molecule has 3 aliphatic rings. The van der Waals surface area contributed by atoms with Crippen LogP contribution in [-0.2, 0) is 25.7 Å². The third-order valence-corrected chi connectivity index (χ3v) is 7.08. The third-order valence-electron chi connectivity index (χ3n) is 7.08. The van der Waals surface area contributed by atoms with E-state index in [1.807, 2.05) is 31.2 Å². The molecule has 4 unspecified atom stereocenters. The molecule has 5 rings (SSSR count). The van der Waals surface area contributed by atoms with Gasteiger partial charge in [-0.15, -0.1) is 0 Å². The zero-order chi connectivity index (χ0) is 22.7. The van der Waals surface area contributed by atoms with Gasteiger partial charge in [0.25, 0.3) is 0 Å². The second kappa shape index (κ2) is 7.43. The van der Waals surface area contributed by atoms with Crippen LogP contribution < -0.4 is 5.63 Å². The summed E-state index contributed by atoms with van der Waals surface area (Å²) in [5, 5.41) is 0.706. The average Bonchev–Trinajstić information content (AvgIpc) is 3.41. The van der Waals surface area contributed by atoms with E-state index in [0.717, 1.165) is 22.4 Å². The van der Waals surface area contributed by atoms with Crippen LogP contribution in [0.15, 0.2) is 39.6 Å². The van der Waals surface area contributed by atoms with E-state index < -0.39 is 18.1 Å². The molecule has 7 heteroatoms. The number of aryl methyl sites for hydroxylation is 1. The average molecular weight is 435 g/mol. The number of allylic oxidation sites excluding steroid dienone is 2. The number of ether oxygens (including phenoxy) is 1. The van der Waals surface area contributed by atoms with Gasteiger partial charge >= 0.3 is 11.6 Å². The van der Waals surface area contributed by atoms with Crippen molar-refractivity contribution in [1.29, 1.82) is 0 Å². The molecule has 0 N–H and O–H groups in total. The van der Waals surface area contributed by atoms with E-state index in [4.69, 9.17) is 9.15 Å². The quantitative estimate of drug-likeness (QED) is 0.310. The second-order valence-corrected chi connectivity index (χ2v) is 9.37. The topological polar surface area (TPSA) is 93.9 Å². The summed E-state index contributed by atoms with van der Waals surface area (Å²) in [6.45, 7) is 5.57. The van der Waals surface area contributed by atoms with Crippen LogP contribution in [0.3, 0.4) is 0 Å². The van der Waals surface area contributed by atoms with Crippen molar-refractivity contribution in [3.05, 3.63) is 57.5 Å². The van der Waals surface area contributed by atoms with Crippen molar-refractivity contribution in [2.75, 3.05) is 6.54 Å². The van der Waals surface area contributed by atoms with Crippen molar-refractivity contribution in [3.63, 3.8) is 0 Å². The number of carbonyl (C=O) groups is 3. The van der Waals surface area contributed by atoms with Gasteiger partial charge in [-0.05, 0) is 54.4 Å². The normalized spacial score (nSPS) is 25.9. The lowest BCUT2D eigenvalue weighted by molar-refractivity contribution is -0.154. The van der Waals surface area contributed by atoms with E-state index >= 15 is 0 Å². The van der Waals surface area contributed by atoms with Crippen molar-refractivity contribution >= 4 is 28.8 Å². The summed E-state index contributed by atoms with van der Waals surface area (Å²) in [7, 11) is 0. The first-order chi connectivity index (χ1) is 15.2. The number of hydrogen-bond acceptors (Lipinski definition) is 6. The van der Waals surface area contributed by atoms with Crippen molar-refractivity contribution in [2.45, 2.75) is 39.7 Å². The van der Waals surface area contributed by atoms with Crippen LogP contribution in [-0.4, -0.2) is 29.2 Å². The number of amides is 2. The van der Waals surface area contributed by atoms with Gasteiger partial charge in [0.1, 0.15) is 18.7 Å². The predicted molar refractivity (Wildman–Crippen MR) is 116 cm³/mol. The lowest BCUT2D eigenvalue weighted by atomic mass is 9.85. The Kier molecular flexibility index (Phi) is 4.80. The van der Waals surface area contributed by atoms with Crippen molar-refractivity contribution in [2.24, 2.45) is 23.7 Å². The van der Waals surface area contributed by atoms with E-state index in [0.29, 0.717) is 16.5 Å². The standard InChI is InChI=1S/C25H25NO6/c1-12(2)17-9-18-16(8-20(27)32-19(18)6-13(17)3)11-31-21(28)10-26-24(29)22-14-4-5-15(7-14)23(22)25(26)30/h4-6,8-9,12,14-15,22-23H,7,10-11H2,1-3H3. The summed E-state index contributed by atoms with van der Waals surface area (Å²) in [6.07, 6.45) is 4.86. The maximum atomic E-state index is 12.8. The number of benzene rings is 1. The molecule has 2 bridgehead atoms. The number of hydrogen-bond donors (Lipinski definition) is 0. The van der Waals surface area contributed by atoms with Crippen LogP contribution in [0.5, 0.6) is 0 Å². The van der Waals surface area contributed by atoms with Crippen LogP contribution in [0, 0.1) is 30.6 Å². The molecule has 1 saturated carbocycles. The zero-order valence-corrected chi connectivity index (χ0v) is 18.3. The first-order valence-electron chi connectivity index (χ1n) is 11.0. The number of likely N-dealkylation sites (tertiary alicyclic amines) is 1. The molecule has 2 heterocycles. The fourth-order valence-electron chi connectivity index (χ4n) is 5.59. The fourth-order valence-corrected chi connectivity index (χ4v) is 5.59. The fraction of sp³-hybridized carbons (Fsp3) is 0.440. The van der Waals surface area contributed by atoms with E-state index in [-0.39, 0.29) is 48.0 Å². The summed E-state index contributed by atoms with van der Waals surface area (Å²) in [4.78, 5) is 51.1. The maximum Gasteiger partial charge on any atom is 0.336 e. The van der Waals surface area contributed by atoms with E-state index in [1.54, 1.807) is 0 Å². The molecule has 2 aliphatic carbocycles. The molecule has 7 nitrogen and oxygen atoms in total. The van der Waals surface area contributed by atoms with Gasteiger partial charge in [-0.2, -0.15) is 0 Å². The number of rotatable bonds is 5. The molecule has 32 heavy (non-hydrogen) atoms. The monoisotopic (exact) mass is 435 g/mol. The Labute approximate surface area is 185 Å². The molecule has 1 aliphatic heterocycles. The molecule has 4 atom stereocenters. The molecular formula is C25H25NO6. The van der Waals surface area contributed by atoms with Crippen molar-refractivity contribution < 1.29 is 23.5 Å². The van der Waals surface area contributed by atoms with E-state index in [9.17, 15) is 19.2 Å². The van der Waals surface area contributed by atoms with E-state index in [2.05, 4.69) is 13.8 Å². The molecule has 1 aromatic heterocycles. The number of carbonyl (C=O) groups excluding carboxylic acids is 3. The van der Waals surface area contributed by atoms with Crippen molar-refractivity contribution in [1.82, 2.24) is 4.90 Å². The molecule has 0 spiro atoms. The first-order valence-corrected chi connectivity index (χ1v) is 11.0. The molecule has 1 saturated heterocycles. The number of esters is 1. The summed E-state index contributed by atoms with van der Waals surface area (Å²) < 4.78 is 10.7. The Morgan fingerprint density at radius 2 is 1.75 bits per heavy atom. The minimum absolute atomic E-state index is 0.0935. The largest absolute Gasteiger partial charge is 0.459 e. The van der Waals surface area contributed by atoms with Gasteiger partial charge in [-0.1, -0.05) is 26.0 Å².